The van der Waals surface area contributed by atoms with Crippen LogP contribution in [0.3, 0.4) is 0 Å². The van der Waals surface area contributed by atoms with Crippen molar-refractivity contribution in [3.63, 3.8) is 0 Å². The number of aromatic nitrogens is 2. The second-order valence-corrected chi connectivity index (χ2v) is 1.43. The van der Waals surface area contributed by atoms with Gasteiger partial charge in [-0.2, -0.15) is 0 Å². The Labute approximate surface area is 138 Å². The molecule has 1 rings (SSSR count). The Bertz CT molecular complexity index is 245. The molecule has 0 unspecified atom stereocenters. The monoisotopic (exact) mass is 407 g/mol. The summed E-state index contributed by atoms with van der Waals surface area (Å²) in [5.41, 5.74) is 0. The van der Waals surface area contributed by atoms with Gasteiger partial charge in [0.2, 0.25) is 0 Å². The van der Waals surface area contributed by atoms with Gasteiger partial charge in [-0.1, -0.05) is 0 Å². The molecule has 0 aliphatic heterocycles. The Morgan fingerprint density at radius 2 is 1.11 bits per heavy atom. The summed E-state index contributed by atoms with van der Waals surface area (Å²) in [5.74, 6) is 0. The van der Waals surface area contributed by atoms with Crippen LogP contribution >= 0.6 is 0 Å². The van der Waals surface area contributed by atoms with Crippen LogP contribution in [0.5, 0.6) is 0 Å². The molecule has 0 aliphatic carbocycles. The molecule has 1 N–H and O–H groups in total. The zero-order valence-electron chi connectivity index (χ0n) is 8.07. The fourth-order valence-electron chi connectivity index (χ4n) is 0.215. The first-order chi connectivity index (χ1) is 7.70. The van der Waals surface area contributed by atoms with Crippen LogP contribution in [0.4, 0.5) is 0 Å². The molecule has 0 saturated carbocycles. The largest absolute Gasteiger partial charge is 3.00 e. The van der Waals surface area contributed by atoms with Crippen molar-refractivity contribution in [1.29, 1.82) is 0 Å². The predicted octanol–water partition coefficient (Wildman–Crippen LogP) is -0.308. The van der Waals surface area contributed by atoms with Gasteiger partial charge < -0.3 is 50.9 Å². The van der Waals surface area contributed by atoms with E-state index in [0.29, 0.717) is 0 Å². The number of imidazole rings is 1. The number of nitrogens with one attached hydrogen (secondary N) is 1. The van der Waals surface area contributed by atoms with E-state index >= 15 is 0 Å². The minimum absolute atomic E-state index is 0. The van der Waals surface area contributed by atoms with Crippen LogP contribution in [0.25, 0.3) is 0 Å². The molecule has 0 aromatic carbocycles. The second-order valence-electron chi connectivity index (χ2n) is 1.43. The summed E-state index contributed by atoms with van der Waals surface area (Å²) in [4.78, 5) is 31.2. The van der Waals surface area contributed by atoms with Crippen LogP contribution in [0.15, 0.2) is 18.7 Å². The van der Waals surface area contributed by atoms with E-state index in [2.05, 4.69) is 9.97 Å². The molecule has 1 aromatic rings. The topological polar surface area (TPSA) is 227 Å². The summed E-state index contributed by atoms with van der Waals surface area (Å²) in [7, 11) is 0. The number of aromatic amines is 1. The van der Waals surface area contributed by atoms with E-state index in [1.165, 1.54) is 0 Å². The third-order valence-corrected chi connectivity index (χ3v) is 0.406. The van der Waals surface area contributed by atoms with Crippen LogP contribution in [-0.4, -0.2) is 25.2 Å². The van der Waals surface area contributed by atoms with Gasteiger partial charge >= 0.3 is 49.4 Å². The molecular formula is C3H4EuN5O9. The maximum Gasteiger partial charge on any atom is 3.00 e. The fraction of sp³-hybridized carbons (Fsp3) is 0. The van der Waals surface area contributed by atoms with E-state index in [0.717, 1.165) is 0 Å². The standard InChI is InChI=1S/C3H4N2.Eu.3NO3/c1-2-5-3-4-1;;3*2-1(3)4/h1-3H,(H,4,5);;;;/q;+3;3*-1. The average Bonchev–Trinajstić information content (AvgIpc) is 2.53. The molecule has 14 nitrogen and oxygen atoms in total. The summed E-state index contributed by atoms with van der Waals surface area (Å²) >= 11 is 0. The first-order valence-corrected chi connectivity index (χ1v) is 3.07. The van der Waals surface area contributed by atoms with Gasteiger partial charge in [0.25, 0.3) is 0 Å². The van der Waals surface area contributed by atoms with Gasteiger partial charge in [0.05, 0.1) is 21.6 Å². The van der Waals surface area contributed by atoms with Gasteiger partial charge in [-0.05, 0) is 0 Å². The molecule has 0 fully saturated rings. The Hall–Kier alpha value is -1.61. The maximum absolute atomic E-state index is 8.25. The summed E-state index contributed by atoms with van der Waals surface area (Å²) in [6, 6.07) is 0. The average molecular weight is 406 g/mol. The van der Waals surface area contributed by atoms with Crippen LogP contribution in [0.2, 0.25) is 0 Å². The van der Waals surface area contributed by atoms with Crippen molar-refractivity contribution in [2.24, 2.45) is 0 Å². The first-order valence-electron chi connectivity index (χ1n) is 3.07. The maximum atomic E-state index is 8.25. The third kappa shape index (κ3) is 224. The molecular weight excluding hydrogens is 402 g/mol. The number of rotatable bonds is 0. The Balaban J connectivity index is -0.0000000719. The van der Waals surface area contributed by atoms with Gasteiger partial charge in [0.15, 0.2) is 0 Å². The smallest absolute Gasteiger partial charge is 0.356 e. The number of hydrogen-bond donors (Lipinski definition) is 1. The molecule has 1 heterocycles. The molecule has 15 heteroatoms. The number of H-pyrrole nitrogens is 1. The van der Waals surface area contributed by atoms with E-state index in [4.69, 9.17) is 46.0 Å². The molecule has 18 heavy (non-hydrogen) atoms. The summed E-state index contributed by atoms with van der Waals surface area (Å²) in [6.07, 6.45) is 5.08. The van der Waals surface area contributed by atoms with Crippen LogP contribution in [0, 0.1) is 95.3 Å². The molecule has 0 radical (unpaired) electrons. The molecule has 0 atom stereocenters. The van der Waals surface area contributed by atoms with Gasteiger partial charge in [0.1, 0.15) is 0 Å². The molecule has 1 aromatic heterocycles. The van der Waals surface area contributed by atoms with E-state index in [1.807, 2.05) is 0 Å². The van der Waals surface area contributed by atoms with E-state index in [-0.39, 0.29) is 49.4 Å². The van der Waals surface area contributed by atoms with Crippen molar-refractivity contribution in [3.8, 4) is 0 Å². The molecule has 0 bridgehead atoms. The van der Waals surface area contributed by atoms with Crippen molar-refractivity contribution in [2.75, 3.05) is 0 Å². The van der Waals surface area contributed by atoms with Gasteiger partial charge in [-0.3, -0.25) is 0 Å². The summed E-state index contributed by atoms with van der Waals surface area (Å²) in [6.45, 7) is 0. The second kappa shape index (κ2) is 20.8. The Kier molecular flexibility index (Phi) is 29.2. The molecule has 0 aliphatic rings. The van der Waals surface area contributed by atoms with Crippen LogP contribution in [-0.2, 0) is 0 Å². The summed E-state index contributed by atoms with van der Waals surface area (Å²) < 4.78 is 0. The van der Waals surface area contributed by atoms with Gasteiger partial charge in [0, 0.05) is 12.4 Å². The van der Waals surface area contributed by atoms with Crippen molar-refractivity contribution >= 4 is 0 Å². The van der Waals surface area contributed by atoms with Gasteiger partial charge in [-0.15, -0.1) is 0 Å². The van der Waals surface area contributed by atoms with Crippen molar-refractivity contribution in [2.45, 2.75) is 0 Å². The molecule has 0 amide bonds. The quantitative estimate of drug-likeness (QED) is 0.436. The Morgan fingerprint density at radius 1 is 0.833 bits per heavy atom. The fourth-order valence-corrected chi connectivity index (χ4v) is 0.215. The minimum atomic E-state index is -1.75. The molecule has 102 valence electrons. The molecule has 0 saturated heterocycles. The first kappa shape index (κ1) is 25.3. The van der Waals surface area contributed by atoms with Crippen LogP contribution < -0.4 is 0 Å². The van der Waals surface area contributed by atoms with Gasteiger partial charge in [-0.25, -0.2) is 4.98 Å². The number of hydrogen-bond acceptors (Lipinski definition) is 10. The van der Waals surface area contributed by atoms with E-state index in [1.54, 1.807) is 18.7 Å². The minimum Gasteiger partial charge on any atom is -0.356 e. The normalized spacial score (nSPS) is 6.22. The predicted molar refractivity (Wildman–Crippen MR) is 49.7 cm³/mol. The molecule has 0 spiro atoms. The van der Waals surface area contributed by atoms with E-state index in [9.17, 15) is 0 Å². The zero-order chi connectivity index (χ0) is 14.3. The SMILES string of the molecule is O=[N+]([O-])[O-].O=[N+]([O-])[O-].O=[N+]([O-])[O-].[Eu+3].c1c[nH]cn1. The zero-order valence-corrected chi connectivity index (χ0v) is 10.5. The number of nitrogens with zero attached hydrogens (tertiary/aromatic N) is 4. The van der Waals surface area contributed by atoms with Crippen LogP contribution in [0.1, 0.15) is 0 Å². The Morgan fingerprint density at radius 3 is 1.17 bits per heavy atom. The van der Waals surface area contributed by atoms with Crippen molar-refractivity contribution < 1.29 is 64.6 Å². The van der Waals surface area contributed by atoms with E-state index < -0.39 is 15.3 Å². The summed E-state index contributed by atoms with van der Waals surface area (Å²) in [5, 5.41) is 44.2. The van der Waals surface area contributed by atoms with Crippen molar-refractivity contribution in [1.82, 2.24) is 9.97 Å². The van der Waals surface area contributed by atoms with Crippen molar-refractivity contribution in [3.05, 3.63) is 64.7 Å². The third-order valence-electron chi connectivity index (χ3n) is 0.406.